The Balaban J connectivity index is 1.65. The third kappa shape index (κ3) is 4.45. The van der Waals surface area contributed by atoms with Crippen molar-refractivity contribution in [3.63, 3.8) is 0 Å². The van der Waals surface area contributed by atoms with Crippen LogP contribution in [0.15, 0.2) is 103 Å². The molecule has 0 radical (unpaired) electrons. The quantitative estimate of drug-likeness (QED) is 0.311. The van der Waals surface area contributed by atoms with Crippen LogP contribution < -0.4 is 10.5 Å². The van der Waals surface area contributed by atoms with Gasteiger partial charge in [0.05, 0.1) is 23.6 Å². The van der Waals surface area contributed by atoms with Gasteiger partial charge in [0.2, 0.25) is 0 Å². The summed E-state index contributed by atoms with van der Waals surface area (Å²) in [6.45, 7) is 0.525. The van der Waals surface area contributed by atoms with Gasteiger partial charge in [0.15, 0.2) is 0 Å². The molecule has 5 aromatic rings. The van der Waals surface area contributed by atoms with E-state index in [0.29, 0.717) is 17.4 Å². The molecule has 0 fully saturated rings. The van der Waals surface area contributed by atoms with Crippen molar-refractivity contribution >= 4 is 17.4 Å². The van der Waals surface area contributed by atoms with Crippen molar-refractivity contribution in [1.82, 2.24) is 14.5 Å². The number of rotatable bonds is 6. The lowest BCUT2D eigenvalue weighted by molar-refractivity contribution is 0.483. The van der Waals surface area contributed by atoms with Gasteiger partial charge in [-0.2, -0.15) is 0 Å². The molecule has 3 aromatic heterocycles. The Kier molecular flexibility index (Phi) is 5.79. The van der Waals surface area contributed by atoms with Gasteiger partial charge in [-0.1, -0.05) is 48.0 Å². The molecule has 5 rings (SSSR count). The molecular weight excluding hydrogens is 432 g/mol. The fraction of sp³-hybridized carbons (Fsp3) is 0.0370. The van der Waals surface area contributed by atoms with Crippen molar-refractivity contribution in [3.05, 3.63) is 114 Å². The summed E-state index contributed by atoms with van der Waals surface area (Å²) in [7, 11) is 0. The lowest BCUT2D eigenvalue weighted by Gasteiger charge is -2.17. The number of hydrogen-bond acceptors (Lipinski definition) is 4. The molecule has 0 spiro atoms. The zero-order valence-electron chi connectivity index (χ0n) is 17.7. The molecule has 33 heavy (non-hydrogen) atoms. The third-order valence-corrected chi connectivity index (χ3v) is 5.65. The number of halogens is 1. The second-order valence-corrected chi connectivity index (χ2v) is 7.91. The maximum atomic E-state index is 6.57. The molecule has 0 bridgehead atoms. The summed E-state index contributed by atoms with van der Waals surface area (Å²) >= 11 is 6.57. The van der Waals surface area contributed by atoms with Gasteiger partial charge in [0.25, 0.3) is 0 Å². The van der Waals surface area contributed by atoms with Crippen molar-refractivity contribution in [1.29, 1.82) is 0 Å². The van der Waals surface area contributed by atoms with E-state index in [1.165, 1.54) is 0 Å². The predicted octanol–water partition coefficient (Wildman–Crippen LogP) is 6.69. The first-order valence-corrected chi connectivity index (χ1v) is 10.9. The van der Waals surface area contributed by atoms with Gasteiger partial charge in [-0.15, -0.1) is 0 Å². The molecule has 2 N–H and O–H groups in total. The van der Waals surface area contributed by atoms with E-state index in [-0.39, 0.29) is 0 Å². The molecule has 0 atom stereocenters. The number of nitrogens with two attached hydrogens (primary N) is 1. The van der Waals surface area contributed by atoms with Crippen LogP contribution in [0.3, 0.4) is 0 Å². The lowest BCUT2D eigenvalue weighted by Crippen LogP contribution is -2.07. The summed E-state index contributed by atoms with van der Waals surface area (Å²) in [6, 6.07) is 29.3. The highest BCUT2D eigenvalue weighted by Gasteiger charge is 2.17. The molecule has 0 aliphatic heterocycles. The fourth-order valence-electron chi connectivity index (χ4n) is 3.83. The zero-order valence-corrected chi connectivity index (χ0v) is 18.5. The first kappa shape index (κ1) is 20.8. The standard InChI is InChI=1S/C27H21ClN4O/c28-23-9-3-1-7-21(23)24-12-13-25(32(24)18-19-6-5-11-27(29)31-19)22-8-2-4-10-26(22)33-20-14-16-30-17-15-20/h1-17H,18H2,(H2,29,31). The molecule has 0 saturated heterocycles. The number of nitrogen functional groups attached to an aromatic ring is 1. The van der Waals surface area contributed by atoms with Crippen LogP contribution in [-0.4, -0.2) is 14.5 Å². The third-order valence-electron chi connectivity index (χ3n) is 5.32. The molecule has 2 aromatic carbocycles. The van der Waals surface area contributed by atoms with Crippen LogP contribution in [0.1, 0.15) is 5.69 Å². The van der Waals surface area contributed by atoms with Gasteiger partial charge >= 0.3 is 0 Å². The van der Waals surface area contributed by atoms with Gasteiger partial charge in [-0.25, -0.2) is 4.98 Å². The SMILES string of the molecule is Nc1cccc(Cn2c(-c3ccccc3Cl)ccc2-c2ccccc2Oc2ccncc2)n1. The molecule has 0 aliphatic rings. The molecule has 0 unspecified atom stereocenters. The van der Waals surface area contributed by atoms with Crippen molar-refractivity contribution in [3.8, 4) is 34.0 Å². The van der Waals surface area contributed by atoms with Crippen LogP contribution in [-0.2, 0) is 6.54 Å². The predicted molar refractivity (Wildman–Crippen MR) is 132 cm³/mol. The Bertz CT molecular complexity index is 1400. The first-order valence-electron chi connectivity index (χ1n) is 10.5. The number of benzene rings is 2. The van der Waals surface area contributed by atoms with Crippen LogP contribution in [0.25, 0.3) is 22.5 Å². The maximum Gasteiger partial charge on any atom is 0.136 e. The Morgan fingerprint density at radius 2 is 1.45 bits per heavy atom. The highest BCUT2D eigenvalue weighted by atomic mass is 35.5. The van der Waals surface area contributed by atoms with Crippen LogP contribution in [0.2, 0.25) is 5.02 Å². The van der Waals surface area contributed by atoms with Crippen molar-refractivity contribution in [2.75, 3.05) is 5.73 Å². The molecule has 5 nitrogen and oxygen atoms in total. The highest BCUT2D eigenvalue weighted by molar-refractivity contribution is 6.33. The number of nitrogens with zero attached hydrogens (tertiary/aromatic N) is 3. The molecule has 0 aliphatic carbocycles. The van der Waals surface area contributed by atoms with Gasteiger partial charge in [-0.05, 0) is 54.6 Å². The van der Waals surface area contributed by atoms with Crippen LogP contribution in [0.5, 0.6) is 11.5 Å². The fourth-order valence-corrected chi connectivity index (χ4v) is 4.06. The minimum atomic E-state index is 0.488. The molecule has 0 amide bonds. The Hall–Kier alpha value is -4.09. The summed E-state index contributed by atoms with van der Waals surface area (Å²) in [4.78, 5) is 8.58. The van der Waals surface area contributed by atoms with E-state index >= 15 is 0 Å². The second-order valence-electron chi connectivity index (χ2n) is 7.50. The second kappa shape index (κ2) is 9.18. The van der Waals surface area contributed by atoms with E-state index in [1.54, 1.807) is 18.5 Å². The van der Waals surface area contributed by atoms with Gasteiger partial charge in [0, 0.05) is 28.5 Å². The van der Waals surface area contributed by atoms with E-state index in [4.69, 9.17) is 22.1 Å². The van der Waals surface area contributed by atoms with Gasteiger partial charge in [0.1, 0.15) is 17.3 Å². The van der Waals surface area contributed by atoms with E-state index < -0.39 is 0 Å². The van der Waals surface area contributed by atoms with E-state index in [9.17, 15) is 0 Å². The molecule has 3 heterocycles. The smallest absolute Gasteiger partial charge is 0.136 e. The van der Waals surface area contributed by atoms with E-state index in [2.05, 4.69) is 26.7 Å². The van der Waals surface area contributed by atoms with Crippen LogP contribution >= 0.6 is 11.6 Å². The minimum Gasteiger partial charge on any atom is -0.457 e. The van der Waals surface area contributed by atoms with Gasteiger partial charge < -0.3 is 15.0 Å². The Morgan fingerprint density at radius 3 is 2.21 bits per heavy atom. The van der Waals surface area contributed by atoms with Crippen molar-refractivity contribution < 1.29 is 4.74 Å². The summed E-state index contributed by atoms with van der Waals surface area (Å²) in [5.41, 5.74) is 10.7. The monoisotopic (exact) mass is 452 g/mol. The number of anilines is 1. The van der Waals surface area contributed by atoms with Crippen molar-refractivity contribution in [2.45, 2.75) is 6.54 Å². The minimum absolute atomic E-state index is 0.488. The lowest BCUT2D eigenvalue weighted by atomic mass is 10.1. The average molecular weight is 453 g/mol. The van der Waals surface area contributed by atoms with Crippen molar-refractivity contribution in [2.24, 2.45) is 0 Å². The topological polar surface area (TPSA) is 66.0 Å². The molecule has 162 valence electrons. The zero-order chi connectivity index (χ0) is 22.6. The highest BCUT2D eigenvalue weighted by Crippen LogP contribution is 2.38. The summed E-state index contributed by atoms with van der Waals surface area (Å²) in [5.74, 6) is 1.95. The molecule has 0 saturated carbocycles. The number of ether oxygens (including phenoxy) is 1. The maximum absolute atomic E-state index is 6.57. The van der Waals surface area contributed by atoms with E-state index in [1.807, 2.05) is 72.8 Å². The first-order chi connectivity index (χ1) is 16.2. The summed E-state index contributed by atoms with van der Waals surface area (Å²) < 4.78 is 8.40. The Labute approximate surface area is 197 Å². The number of aromatic nitrogens is 3. The number of para-hydroxylation sites is 1. The normalized spacial score (nSPS) is 10.8. The van der Waals surface area contributed by atoms with Crippen LogP contribution in [0, 0.1) is 0 Å². The number of pyridine rings is 2. The Morgan fingerprint density at radius 1 is 0.758 bits per heavy atom. The summed E-state index contributed by atoms with van der Waals surface area (Å²) in [6.07, 6.45) is 3.42. The van der Waals surface area contributed by atoms with Gasteiger partial charge in [-0.3, -0.25) is 4.98 Å². The molecular formula is C27H21ClN4O. The van der Waals surface area contributed by atoms with E-state index in [0.717, 1.165) is 39.7 Å². The largest absolute Gasteiger partial charge is 0.457 e. The summed E-state index contributed by atoms with van der Waals surface area (Å²) in [5, 5.41) is 0.685. The molecule has 6 heteroatoms. The van der Waals surface area contributed by atoms with Crippen LogP contribution in [0.4, 0.5) is 5.82 Å². The number of hydrogen-bond donors (Lipinski definition) is 1. The average Bonchev–Trinajstić information content (AvgIpc) is 3.23.